The van der Waals surface area contributed by atoms with Crippen molar-refractivity contribution in [1.29, 1.82) is 0 Å². The van der Waals surface area contributed by atoms with Gasteiger partial charge in [-0.25, -0.2) is 14.6 Å². The standard InChI is InChI=1S/C21H24ClN7O/c1-13-9-18(24-12-23-13)29-10-14-3-4-15(11-29)19(14)25-20-26-21(28(2)27-20)30-17-7-5-16(22)6-8-17/h5-9,12,14-15,19H,3-4,10-11H2,1-2H3,(H,25,27). The Morgan fingerprint density at radius 2 is 1.83 bits per heavy atom. The monoisotopic (exact) mass is 425 g/mol. The topological polar surface area (TPSA) is 81.0 Å². The molecule has 30 heavy (non-hydrogen) atoms. The number of fused-ring (bicyclic) bond motifs is 2. The minimum atomic E-state index is 0.356. The van der Waals surface area contributed by atoms with Crippen LogP contribution in [-0.4, -0.2) is 43.9 Å². The first kappa shape index (κ1) is 19.1. The van der Waals surface area contributed by atoms with E-state index in [9.17, 15) is 0 Å². The SMILES string of the molecule is Cc1cc(N2CC3CCC(C2)C3Nc2nc(Oc3ccc(Cl)cc3)n(C)n2)ncn1. The molecule has 8 nitrogen and oxygen atoms in total. The highest BCUT2D eigenvalue weighted by Crippen LogP contribution is 2.39. The lowest BCUT2D eigenvalue weighted by Gasteiger charge is -2.38. The third-order valence-electron chi connectivity index (χ3n) is 5.99. The van der Waals surface area contributed by atoms with Crippen molar-refractivity contribution in [2.45, 2.75) is 25.8 Å². The van der Waals surface area contributed by atoms with E-state index in [2.05, 4.69) is 36.3 Å². The van der Waals surface area contributed by atoms with Gasteiger partial charge in [-0.2, -0.15) is 4.98 Å². The molecular formula is C21H24ClN7O. The summed E-state index contributed by atoms with van der Waals surface area (Å²) in [5.41, 5.74) is 0.999. The summed E-state index contributed by atoms with van der Waals surface area (Å²) < 4.78 is 7.51. The molecule has 156 valence electrons. The zero-order chi connectivity index (χ0) is 20.7. The van der Waals surface area contributed by atoms with Crippen LogP contribution in [0, 0.1) is 18.8 Å². The van der Waals surface area contributed by atoms with Crippen molar-refractivity contribution in [2.75, 3.05) is 23.3 Å². The van der Waals surface area contributed by atoms with Crippen LogP contribution in [0.5, 0.6) is 11.8 Å². The number of nitrogens with zero attached hydrogens (tertiary/aromatic N) is 6. The average Bonchev–Trinajstić information content (AvgIpc) is 3.17. The number of aromatic nitrogens is 5. The Hall–Kier alpha value is -2.87. The summed E-state index contributed by atoms with van der Waals surface area (Å²) in [6.45, 7) is 3.96. The summed E-state index contributed by atoms with van der Waals surface area (Å²) in [5, 5.41) is 8.76. The summed E-state index contributed by atoms with van der Waals surface area (Å²) in [6, 6.07) is 10.1. The Balaban J connectivity index is 1.27. The van der Waals surface area contributed by atoms with Gasteiger partial charge in [-0.3, -0.25) is 0 Å². The van der Waals surface area contributed by atoms with Crippen LogP contribution >= 0.6 is 11.6 Å². The van der Waals surface area contributed by atoms with E-state index in [1.165, 1.54) is 12.8 Å². The molecule has 2 aliphatic rings. The van der Waals surface area contributed by atoms with Gasteiger partial charge in [0.15, 0.2) is 0 Å². The van der Waals surface area contributed by atoms with Gasteiger partial charge in [0.1, 0.15) is 17.9 Å². The van der Waals surface area contributed by atoms with Crippen molar-refractivity contribution < 1.29 is 4.74 Å². The van der Waals surface area contributed by atoms with E-state index in [1.54, 1.807) is 23.1 Å². The van der Waals surface area contributed by atoms with E-state index in [-0.39, 0.29) is 0 Å². The molecule has 1 saturated heterocycles. The van der Waals surface area contributed by atoms with Gasteiger partial charge in [-0.15, -0.1) is 5.10 Å². The number of halogens is 1. The number of rotatable bonds is 5. The number of piperidine rings is 1. The lowest BCUT2D eigenvalue weighted by atomic mass is 9.92. The summed E-state index contributed by atoms with van der Waals surface area (Å²) in [5.74, 6) is 3.36. The highest BCUT2D eigenvalue weighted by atomic mass is 35.5. The maximum absolute atomic E-state index is 5.94. The zero-order valence-electron chi connectivity index (χ0n) is 17.0. The van der Waals surface area contributed by atoms with E-state index in [0.717, 1.165) is 24.6 Å². The minimum Gasteiger partial charge on any atom is -0.424 e. The van der Waals surface area contributed by atoms with Gasteiger partial charge < -0.3 is 15.0 Å². The maximum Gasteiger partial charge on any atom is 0.321 e. The summed E-state index contributed by atoms with van der Waals surface area (Å²) in [4.78, 5) is 15.6. The van der Waals surface area contributed by atoms with E-state index < -0.39 is 0 Å². The molecule has 3 heterocycles. The van der Waals surface area contributed by atoms with Crippen LogP contribution in [0.2, 0.25) is 5.02 Å². The molecule has 2 atom stereocenters. The van der Waals surface area contributed by atoms with Crippen molar-refractivity contribution in [3.05, 3.63) is 47.4 Å². The number of ether oxygens (including phenoxy) is 1. The smallest absolute Gasteiger partial charge is 0.321 e. The molecule has 2 bridgehead atoms. The second-order valence-electron chi connectivity index (χ2n) is 8.09. The largest absolute Gasteiger partial charge is 0.424 e. The Morgan fingerprint density at radius 1 is 1.10 bits per heavy atom. The first-order valence-electron chi connectivity index (χ1n) is 10.2. The van der Waals surface area contributed by atoms with Crippen molar-refractivity contribution in [3.63, 3.8) is 0 Å². The first-order valence-corrected chi connectivity index (χ1v) is 10.6. The summed E-state index contributed by atoms with van der Waals surface area (Å²) >= 11 is 5.94. The van der Waals surface area contributed by atoms with E-state index in [1.807, 2.05) is 26.1 Å². The maximum atomic E-state index is 5.94. The molecule has 5 rings (SSSR count). The van der Waals surface area contributed by atoms with Gasteiger partial charge in [0.2, 0.25) is 5.95 Å². The highest BCUT2D eigenvalue weighted by Gasteiger charge is 2.43. The molecule has 2 aromatic heterocycles. The van der Waals surface area contributed by atoms with Gasteiger partial charge >= 0.3 is 6.01 Å². The fourth-order valence-corrected chi connectivity index (χ4v) is 4.66. The van der Waals surface area contributed by atoms with Crippen LogP contribution < -0.4 is 15.0 Å². The van der Waals surface area contributed by atoms with E-state index in [4.69, 9.17) is 16.3 Å². The third kappa shape index (κ3) is 3.79. The van der Waals surface area contributed by atoms with Gasteiger partial charge in [-0.1, -0.05) is 11.6 Å². The lowest BCUT2D eigenvalue weighted by Crippen LogP contribution is -2.48. The fourth-order valence-electron chi connectivity index (χ4n) is 4.54. The molecule has 1 aliphatic heterocycles. The van der Waals surface area contributed by atoms with Crippen LogP contribution in [0.25, 0.3) is 0 Å². The number of nitrogens with one attached hydrogen (secondary N) is 1. The van der Waals surface area contributed by atoms with Crippen LogP contribution in [0.15, 0.2) is 36.7 Å². The van der Waals surface area contributed by atoms with Crippen molar-refractivity contribution >= 4 is 23.4 Å². The van der Waals surface area contributed by atoms with Crippen molar-refractivity contribution in [2.24, 2.45) is 18.9 Å². The molecular weight excluding hydrogens is 402 g/mol. The highest BCUT2D eigenvalue weighted by molar-refractivity contribution is 6.30. The van der Waals surface area contributed by atoms with E-state index in [0.29, 0.717) is 40.6 Å². The fraction of sp³-hybridized carbons (Fsp3) is 0.429. The molecule has 0 spiro atoms. The van der Waals surface area contributed by atoms with Crippen molar-refractivity contribution in [1.82, 2.24) is 24.7 Å². The Bertz CT molecular complexity index is 1020. The average molecular weight is 426 g/mol. The molecule has 2 fully saturated rings. The van der Waals surface area contributed by atoms with Crippen molar-refractivity contribution in [3.8, 4) is 11.8 Å². The first-order chi connectivity index (χ1) is 14.5. The molecule has 1 aromatic carbocycles. The second kappa shape index (κ2) is 7.75. The molecule has 2 unspecified atom stereocenters. The van der Waals surface area contributed by atoms with E-state index >= 15 is 0 Å². The Labute approximate surface area is 180 Å². The predicted molar refractivity (Wildman–Crippen MR) is 115 cm³/mol. The van der Waals surface area contributed by atoms with Gasteiger partial charge in [0.05, 0.1) is 0 Å². The normalized spacial score (nSPS) is 22.9. The van der Waals surface area contributed by atoms with Crippen LogP contribution in [-0.2, 0) is 7.05 Å². The number of anilines is 2. The molecule has 1 N–H and O–H groups in total. The minimum absolute atomic E-state index is 0.356. The molecule has 9 heteroatoms. The van der Waals surface area contributed by atoms with Crippen LogP contribution in [0.1, 0.15) is 18.5 Å². The predicted octanol–water partition coefficient (Wildman–Crippen LogP) is 3.69. The molecule has 1 saturated carbocycles. The zero-order valence-corrected chi connectivity index (χ0v) is 17.8. The number of aryl methyl sites for hydroxylation is 2. The second-order valence-corrected chi connectivity index (χ2v) is 8.52. The Morgan fingerprint density at radius 3 is 2.53 bits per heavy atom. The number of hydrogen-bond acceptors (Lipinski definition) is 7. The number of hydrogen-bond donors (Lipinski definition) is 1. The summed E-state index contributed by atoms with van der Waals surface area (Å²) in [6.07, 6.45) is 4.05. The third-order valence-corrected chi connectivity index (χ3v) is 6.24. The van der Waals surface area contributed by atoms with Gasteiger partial charge in [0.25, 0.3) is 0 Å². The Kier molecular flexibility index (Phi) is 4.94. The molecule has 0 amide bonds. The number of benzene rings is 1. The molecule has 1 aliphatic carbocycles. The molecule has 3 aromatic rings. The van der Waals surface area contributed by atoms with Crippen LogP contribution in [0.4, 0.5) is 11.8 Å². The van der Waals surface area contributed by atoms with Crippen LogP contribution in [0.3, 0.4) is 0 Å². The summed E-state index contributed by atoms with van der Waals surface area (Å²) in [7, 11) is 1.83. The molecule has 0 radical (unpaired) electrons. The van der Waals surface area contributed by atoms with Gasteiger partial charge in [-0.05, 0) is 55.9 Å². The lowest BCUT2D eigenvalue weighted by molar-refractivity contribution is 0.374. The van der Waals surface area contributed by atoms with Gasteiger partial charge in [0, 0.05) is 43.0 Å². The quantitative estimate of drug-likeness (QED) is 0.667.